The average molecular weight is 890 g/mol. The summed E-state index contributed by atoms with van der Waals surface area (Å²) >= 11 is 3.69. The molecular formula is C64H43NS2. The highest BCUT2D eigenvalue weighted by atomic mass is 32.1. The second-order valence-electron chi connectivity index (χ2n) is 16.8. The lowest BCUT2D eigenvalue weighted by atomic mass is 9.84. The Hall–Kier alpha value is -8.08. The van der Waals surface area contributed by atoms with E-state index in [1.165, 1.54) is 91.1 Å². The molecule has 0 saturated carbocycles. The van der Waals surface area contributed by atoms with Gasteiger partial charge >= 0.3 is 0 Å². The first-order valence-corrected chi connectivity index (χ1v) is 24.4. The van der Waals surface area contributed by atoms with Gasteiger partial charge in [-0.05, 0) is 156 Å². The van der Waals surface area contributed by atoms with Crippen molar-refractivity contribution in [2.24, 2.45) is 0 Å². The number of para-hydroxylation sites is 2. The van der Waals surface area contributed by atoms with E-state index >= 15 is 0 Å². The molecule has 316 valence electrons. The minimum atomic E-state index is 1.11. The van der Waals surface area contributed by atoms with Crippen LogP contribution >= 0.6 is 22.7 Å². The summed E-state index contributed by atoms with van der Waals surface area (Å²) in [4.78, 5) is 7.39. The standard InChI is InChI=1S/C64H43NS2/c1-5-18-44(19-6-1)59-36-38-61(66-59)48-23-15-25-50(40-48)63-55-32-13-14-33-56(55)64(51-26-16-24-49(41-51)62-39-37-60(67-62)45-20-7-2-8-21-45)58-43-47(34-35-57(58)63)46-22-17-31-54(42-46)65(52-27-9-3-10-28-52)53-29-11-4-12-30-53/h1-43H. The van der Waals surface area contributed by atoms with Crippen molar-refractivity contribution in [1.82, 2.24) is 0 Å². The van der Waals surface area contributed by atoms with Crippen LogP contribution in [0.5, 0.6) is 0 Å². The van der Waals surface area contributed by atoms with Crippen molar-refractivity contribution in [1.29, 1.82) is 0 Å². The van der Waals surface area contributed by atoms with Gasteiger partial charge in [0.25, 0.3) is 0 Å². The Balaban J connectivity index is 1.05. The topological polar surface area (TPSA) is 3.24 Å². The van der Waals surface area contributed by atoms with E-state index in [2.05, 4.69) is 266 Å². The van der Waals surface area contributed by atoms with Crippen molar-refractivity contribution in [2.45, 2.75) is 0 Å². The molecule has 10 aromatic carbocycles. The molecular weight excluding hydrogens is 847 g/mol. The fourth-order valence-corrected chi connectivity index (χ4v) is 11.6. The number of hydrogen-bond donors (Lipinski definition) is 0. The SMILES string of the molecule is c1ccc(-c2ccc(-c3cccc(-c4c5ccccc5c(-c5cccc(-c6ccc(-c7ccccc7)s6)c5)c5cc(-c6cccc(N(c7ccccc7)c7ccccc7)c6)ccc45)c3)s2)cc1. The van der Waals surface area contributed by atoms with E-state index in [9.17, 15) is 0 Å². The van der Waals surface area contributed by atoms with Crippen LogP contribution in [0, 0.1) is 0 Å². The van der Waals surface area contributed by atoms with Gasteiger partial charge in [0.15, 0.2) is 0 Å². The maximum absolute atomic E-state index is 2.44. The van der Waals surface area contributed by atoms with Gasteiger partial charge in [0.2, 0.25) is 0 Å². The second kappa shape index (κ2) is 17.7. The second-order valence-corrected chi connectivity index (χ2v) is 19.0. The Morgan fingerprint density at radius 2 is 0.567 bits per heavy atom. The highest BCUT2D eigenvalue weighted by Gasteiger charge is 2.20. The smallest absolute Gasteiger partial charge is 0.0467 e. The van der Waals surface area contributed by atoms with E-state index < -0.39 is 0 Å². The third-order valence-corrected chi connectivity index (χ3v) is 15.1. The number of hydrogen-bond acceptors (Lipinski definition) is 3. The number of rotatable bonds is 10. The Bertz CT molecular complexity index is 3640. The molecule has 2 heterocycles. The molecule has 3 heteroatoms. The van der Waals surface area contributed by atoms with Gasteiger partial charge < -0.3 is 4.90 Å². The van der Waals surface area contributed by atoms with E-state index in [1.807, 2.05) is 22.7 Å². The van der Waals surface area contributed by atoms with E-state index in [0.29, 0.717) is 0 Å². The highest BCUT2D eigenvalue weighted by molar-refractivity contribution is 7.19. The van der Waals surface area contributed by atoms with Crippen molar-refractivity contribution in [3.63, 3.8) is 0 Å². The zero-order valence-corrected chi connectivity index (χ0v) is 38.2. The summed E-state index contributed by atoms with van der Waals surface area (Å²) in [5, 5.41) is 4.92. The van der Waals surface area contributed by atoms with Crippen LogP contribution in [0.1, 0.15) is 0 Å². The van der Waals surface area contributed by atoms with Crippen molar-refractivity contribution >= 4 is 61.3 Å². The molecule has 0 aliphatic carbocycles. The van der Waals surface area contributed by atoms with Gasteiger partial charge in [0.1, 0.15) is 0 Å². The van der Waals surface area contributed by atoms with Crippen LogP contribution in [-0.4, -0.2) is 0 Å². The van der Waals surface area contributed by atoms with E-state index in [0.717, 1.165) is 22.6 Å². The fraction of sp³-hybridized carbons (Fsp3) is 0. The van der Waals surface area contributed by atoms with Crippen LogP contribution < -0.4 is 4.90 Å². The van der Waals surface area contributed by atoms with Gasteiger partial charge in [-0.15, -0.1) is 22.7 Å². The quantitative estimate of drug-likeness (QED) is 0.124. The van der Waals surface area contributed by atoms with Gasteiger partial charge in [0.05, 0.1) is 0 Å². The van der Waals surface area contributed by atoms with Gasteiger partial charge in [-0.3, -0.25) is 0 Å². The molecule has 0 saturated heterocycles. The minimum Gasteiger partial charge on any atom is -0.310 e. The van der Waals surface area contributed by atoms with Gasteiger partial charge in [-0.2, -0.15) is 0 Å². The molecule has 0 bridgehead atoms. The molecule has 0 atom stereocenters. The lowest BCUT2D eigenvalue weighted by Gasteiger charge is -2.26. The monoisotopic (exact) mass is 889 g/mol. The lowest BCUT2D eigenvalue weighted by molar-refractivity contribution is 1.28. The van der Waals surface area contributed by atoms with Crippen molar-refractivity contribution in [3.05, 3.63) is 261 Å². The molecule has 67 heavy (non-hydrogen) atoms. The Kier molecular flexibility index (Phi) is 10.7. The summed E-state index contributed by atoms with van der Waals surface area (Å²) in [5.41, 5.74) is 15.5. The third-order valence-electron chi connectivity index (χ3n) is 12.7. The third kappa shape index (κ3) is 7.85. The number of anilines is 3. The molecule has 0 aliphatic heterocycles. The first-order chi connectivity index (χ1) is 33.2. The number of nitrogens with zero attached hydrogens (tertiary/aromatic N) is 1. The molecule has 0 unspecified atom stereocenters. The van der Waals surface area contributed by atoms with Crippen LogP contribution in [0.15, 0.2) is 261 Å². The highest BCUT2D eigenvalue weighted by Crippen LogP contribution is 2.47. The molecule has 1 nitrogen and oxygen atoms in total. The zero-order valence-electron chi connectivity index (χ0n) is 36.6. The van der Waals surface area contributed by atoms with Crippen LogP contribution in [0.4, 0.5) is 17.1 Å². The molecule has 0 radical (unpaired) electrons. The first kappa shape index (κ1) is 40.4. The maximum Gasteiger partial charge on any atom is 0.0467 e. The van der Waals surface area contributed by atoms with Crippen molar-refractivity contribution < 1.29 is 0 Å². The normalized spacial score (nSPS) is 11.3. The molecule has 0 amide bonds. The van der Waals surface area contributed by atoms with Gasteiger partial charge in [-0.25, -0.2) is 0 Å². The summed E-state index contributed by atoms with van der Waals surface area (Å²) < 4.78 is 0. The van der Waals surface area contributed by atoms with E-state index in [1.54, 1.807) is 0 Å². The first-order valence-electron chi connectivity index (χ1n) is 22.7. The average Bonchev–Trinajstić information content (AvgIpc) is 4.12. The van der Waals surface area contributed by atoms with Crippen LogP contribution in [-0.2, 0) is 0 Å². The van der Waals surface area contributed by atoms with E-state index in [4.69, 9.17) is 0 Å². The number of thiophene rings is 2. The molecule has 12 rings (SSSR count). The van der Waals surface area contributed by atoms with Crippen LogP contribution in [0.3, 0.4) is 0 Å². The molecule has 0 spiro atoms. The van der Waals surface area contributed by atoms with Crippen LogP contribution in [0.2, 0.25) is 0 Å². The summed E-state index contributed by atoms with van der Waals surface area (Å²) in [5.74, 6) is 0. The largest absolute Gasteiger partial charge is 0.310 e. The summed E-state index contributed by atoms with van der Waals surface area (Å²) in [6.07, 6.45) is 0. The van der Waals surface area contributed by atoms with E-state index in [-0.39, 0.29) is 0 Å². The fourth-order valence-electron chi connectivity index (χ4n) is 9.56. The number of fused-ring (bicyclic) bond motifs is 2. The Morgan fingerprint density at radius 1 is 0.209 bits per heavy atom. The Labute approximate surface area is 399 Å². The van der Waals surface area contributed by atoms with Gasteiger partial charge in [0, 0.05) is 36.6 Å². The molecule has 2 aromatic heterocycles. The van der Waals surface area contributed by atoms with Crippen LogP contribution in [0.25, 0.3) is 96.7 Å². The van der Waals surface area contributed by atoms with Crippen molar-refractivity contribution in [3.8, 4) is 75.1 Å². The summed E-state index contributed by atoms with van der Waals surface area (Å²) in [6.45, 7) is 0. The lowest BCUT2D eigenvalue weighted by Crippen LogP contribution is -2.09. The molecule has 0 aliphatic rings. The molecule has 0 fully saturated rings. The van der Waals surface area contributed by atoms with Gasteiger partial charge in [-0.1, -0.05) is 182 Å². The molecule has 12 aromatic rings. The predicted molar refractivity (Wildman–Crippen MR) is 290 cm³/mol. The van der Waals surface area contributed by atoms with Crippen molar-refractivity contribution in [2.75, 3.05) is 4.90 Å². The summed E-state index contributed by atoms with van der Waals surface area (Å²) in [6, 6.07) is 95.2. The Morgan fingerprint density at radius 3 is 1.09 bits per heavy atom. The summed E-state index contributed by atoms with van der Waals surface area (Å²) in [7, 11) is 0. The predicted octanol–water partition coefficient (Wildman–Crippen LogP) is 19.3. The molecule has 0 N–H and O–H groups in total. The maximum atomic E-state index is 2.44. The zero-order chi connectivity index (χ0) is 44.5. The number of benzene rings is 10. The minimum absolute atomic E-state index is 1.11.